The summed E-state index contributed by atoms with van der Waals surface area (Å²) in [6.45, 7) is 7.66. The fourth-order valence-electron chi connectivity index (χ4n) is 3.11. The van der Waals surface area contributed by atoms with Gasteiger partial charge in [-0.05, 0) is 42.2 Å². The van der Waals surface area contributed by atoms with Crippen molar-refractivity contribution in [3.05, 3.63) is 113 Å². The Balaban J connectivity index is 0.000000176. The largest absolute Gasteiger partial charge is 0.426 e. The average Bonchev–Trinajstić information content (AvgIpc) is 3.41. The van der Waals surface area contributed by atoms with Gasteiger partial charge in [0.05, 0.1) is 0 Å². The van der Waals surface area contributed by atoms with E-state index in [1.165, 1.54) is 20.9 Å². The summed E-state index contributed by atoms with van der Waals surface area (Å²) in [5.74, 6) is 0. The van der Waals surface area contributed by atoms with Crippen LogP contribution in [0.5, 0.6) is 0 Å². The molecule has 5 nitrogen and oxygen atoms in total. The molecular formula is C24H20N4OSY-2. The van der Waals surface area contributed by atoms with Crippen LogP contribution in [0.15, 0.2) is 77.2 Å². The predicted molar refractivity (Wildman–Crippen MR) is 121 cm³/mol. The van der Waals surface area contributed by atoms with Gasteiger partial charge >= 0.3 is 0 Å². The van der Waals surface area contributed by atoms with Gasteiger partial charge < -0.3 is 9.55 Å². The van der Waals surface area contributed by atoms with Gasteiger partial charge in [-0.15, -0.1) is 6.07 Å². The zero-order valence-corrected chi connectivity index (χ0v) is 21.0. The van der Waals surface area contributed by atoms with Crippen LogP contribution in [-0.2, 0) is 32.7 Å². The summed E-state index contributed by atoms with van der Waals surface area (Å²) in [5.41, 5.74) is 5.55. The zero-order chi connectivity index (χ0) is 21.1. The van der Waals surface area contributed by atoms with Crippen molar-refractivity contribution < 1.29 is 32.7 Å². The maximum absolute atomic E-state index is 11.4. The first kappa shape index (κ1) is 23.1. The molecule has 0 aliphatic rings. The van der Waals surface area contributed by atoms with E-state index < -0.39 is 0 Å². The Bertz CT molecular complexity index is 1360. The molecular weight excluding hydrogens is 481 g/mol. The summed E-state index contributed by atoms with van der Waals surface area (Å²) in [5, 5.41) is 2.07. The smallest absolute Gasteiger partial charge is 0.176 e. The zero-order valence-electron chi connectivity index (χ0n) is 17.3. The van der Waals surface area contributed by atoms with Gasteiger partial charge in [-0.3, -0.25) is 14.2 Å². The molecule has 1 radical (unpaired) electrons. The Labute approximate surface area is 210 Å². The van der Waals surface area contributed by atoms with E-state index in [4.69, 9.17) is 0 Å². The van der Waals surface area contributed by atoms with Crippen LogP contribution < -0.4 is 5.56 Å². The Morgan fingerprint density at radius 2 is 1.87 bits per heavy atom. The van der Waals surface area contributed by atoms with Crippen molar-refractivity contribution in [2.75, 3.05) is 0 Å². The van der Waals surface area contributed by atoms with Crippen molar-refractivity contribution in [2.45, 2.75) is 13.8 Å². The standard InChI is InChI=1S/C14H11N2S.C10H9N2O.Y/c1-11-5-2-3-6-12(11)16-10-15-9-13(16)14-7-4-8-17-14;1-7-3-4-9-11-8(2)5-10(13)12(9)6-7;/h2-9H,1H3;3-6H,2H2,1H3;/q2*-1;. The van der Waals surface area contributed by atoms with Crippen molar-refractivity contribution in [2.24, 2.45) is 0 Å². The molecule has 0 aliphatic carbocycles. The number of rotatable bonds is 2. The Morgan fingerprint density at radius 1 is 1.06 bits per heavy atom. The molecule has 0 saturated carbocycles. The number of aromatic nitrogens is 4. The van der Waals surface area contributed by atoms with Crippen LogP contribution in [0.25, 0.3) is 21.9 Å². The molecule has 153 valence electrons. The van der Waals surface area contributed by atoms with Gasteiger partial charge in [0.2, 0.25) is 0 Å². The second kappa shape index (κ2) is 10.2. The van der Waals surface area contributed by atoms with Crippen molar-refractivity contribution in [3.8, 4) is 16.3 Å². The second-order valence-electron chi connectivity index (χ2n) is 6.86. The van der Waals surface area contributed by atoms with Crippen molar-refractivity contribution >= 4 is 17.0 Å². The SMILES string of the molecule is Cc1ccccc1-n1[c-]ncc1-c1cccs1.[CH2-]c1cc(=O)n2cc(C)ccc2n1.[Y]. The quantitative estimate of drug-likeness (QED) is 0.324. The molecule has 0 atom stereocenters. The third-order valence-electron chi connectivity index (χ3n) is 4.58. The number of benzene rings is 1. The van der Waals surface area contributed by atoms with E-state index in [1.54, 1.807) is 17.5 Å². The minimum atomic E-state index is -0.0845. The average molecular weight is 501 g/mol. The fraction of sp³-hybridized carbons (Fsp3) is 0.0833. The molecule has 0 spiro atoms. The van der Waals surface area contributed by atoms with Crippen molar-refractivity contribution in [1.29, 1.82) is 0 Å². The molecule has 4 aromatic heterocycles. The molecule has 31 heavy (non-hydrogen) atoms. The van der Waals surface area contributed by atoms with E-state index in [-0.39, 0.29) is 38.3 Å². The van der Waals surface area contributed by atoms with Crippen LogP contribution in [0.2, 0.25) is 0 Å². The van der Waals surface area contributed by atoms with Crippen LogP contribution in [0, 0.1) is 27.1 Å². The molecule has 0 amide bonds. The maximum atomic E-state index is 11.4. The summed E-state index contributed by atoms with van der Waals surface area (Å²) in [4.78, 5) is 20.9. The van der Waals surface area contributed by atoms with E-state index >= 15 is 0 Å². The van der Waals surface area contributed by atoms with Gasteiger partial charge in [-0.2, -0.15) is 11.3 Å². The number of pyridine rings is 1. The van der Waals surface area contributed by atoms with Gasteiger partial charge in [-0.25, -0.2) is 6.92 Å². The van der Waals surface area contributed by atoms with Gasteiger partial charge in [0.25, 0.3) is 0 Å². The third-order valence-corrected chi connectivity index (χ3v) is 5.47. The third kappa shape index (κ3) is 5.21. The van der Waals surface area contributed by atoms with Gasteiger partial charge in [0, 0.05) is 50.1 Å². The van der Waals surface area contributed by atoms with Gasteiger partial charge in [-0.1, -0.05) is 59.9 Å². The van der Waals surface area contributed by atoms with Crippen LogP contribution in [0.4, 0.5) is 0 Å². The Kier molecular flexibility index (Phi) is 7.60. The van der Waals surface area contributed by atoms with Gasteiger partial charge in [0.15, 0.2) is 5.56 Å². The number of hydrogen-bond acceptors (Lipinski definition) is 4. The molecule has 0 aliphatic heterocycles. The monoisotopic (exact) mass is 501 g/mol. The van der Waals surface area contributed by atoms with Crippen LogP contribution in [0.1, 0.15) is 16.8 Å². The van der Waals surface area contributed by atoms with Gasteiger partial charge in [0.1, 0.15) is 5.65 Å². The molecule has 1 aromatic carbocycles. The fourth-order valence-corrected chi connectivity index (χ4v) is 3.84. The summed E-state index contributed by atoms with van der Waals surface area (Å²) >= 11 is 1.71. The molecule has 0 saturated heterocycles. The number of nitrogens with zero attached hydrogens (tertiary/aromatic N) is 4. The number of hydrogen-bond donors (Lipinski definition) is 0. The Morgan fingerprint density at radius 3 is 2.61 bits per heavy atom. The molecule has 0 fully saturated rings. The molecule has 0 N–H and O–H groups in total. The second-order valence-corrected chi connectivity index (χ2v) is 7.81. The summed E-state index contributed by atoms with van der Waals surface area (Å²) in [6, 6.07) is 17.6. The van der Waals surface area contributed by atoms with E-state index in [0.717, 1.165) is 16.9 Å². The predicted octanol–water partition coefficient (Wildman–Crippen LogP) is 4.89. The maximum Gasteiger partial charge on any atom is 0.176 e. The molecule has 7 heteroatoms. The number of fused-ring (bicyclic) bond motifs is 1. The van der Waals surface area contributed by atoms with Crippen molar-refractivity contribution in [3.63, 3.8) is 0 Å². The first-order valence-corrected chi connectivity index (χ1v) is 10.3. The molecule has 4 heterocycles. The number of thiophene rings is 1. The van der Waals surface area contributed by atoms with Crippen LogP contribution in [0.3, 0.4) is 0 Å². The summed E-state index contributed by atoms with van der Waals surface area (Å²) < 4.78 is 3.53. The minimum Gasteiger partial charge on any atom is -0.426 e. The number of aryl methyl sites for hydroxylation is 2. The summed E-state index contributed by atoms with van der Waals surface area (Å²) in [6.07, 6.45) is 6.65. The number of para-hydroxylation sites is 1. The van der Waals surface area contributed by atoms with Crippen LogP contribution >= 0.6 is 11.3 Å². The Hall–Kier alpha value is -2.54. The van der Waals surface area contributed by atoms with E-state index in [9.17, 15) is 4.79 Å². The molecule has 0 bridgehead atoms. The normalized spacial score (nSPS) is 10.3. The van der Waals surface area contributed by atoms with E-state index in [0.29, 0.717) is 11.3 Å². The molecule has 0 unspecified atom stereocenters. The summed E-state index contributed by atoms with van der Waals surface area (Å²) in [7, 11) is 0. The topological polar surface area (TPSA) is 52.2 Å². The minimum absolute atomic E-state index is 0. The number of imidazole rings is 1. The first-order chi connectivity index (χ1) is 14.5. The molecule has 5 rings (SSSR count). The van der Waals surface area contributed by atoms with E-state index in [1.807, 2.05) is 42.0 Å². The van der Waals surface area contributed by atoms with Crippen LogP contribution in [-0.4, -0.2) is 18.9 Å². The first-order valence-electron chi connectivity index (χ1n) is 9.40. The van der Waals surface area contributed by atoms with E-state index in [2.05, 4.69) is 59.8 Å². The van der Waals surface area contributed by atoms with Crippen molar-refractivity contribution in [1.82, 2.24) is 18.9 Å². The molecule has 5 aromatic rings.